The van der Waals surface area contributed by atoms with E-state index in [0.29, 0.717) is 5.69 Å². The highest BCUT2D eigenvalue weighted by molar-refractivity contribution is 5.92. The molecule has 1 aromatic carbocycles. The molecule has 2 aromatic heterocycles. The van der Waals surface area contributed by atoms with E-state index in [2.05, 4.69) is 40.0 Å². The Morgan fingerprint density at radius 3 is 2.77 bits per heavy atom. The second-order valence-electron chi connectivity index (χ2n) is 8.62. The summed E-state index contributed by atoms with van der Waals surface area (Å²) in [6.45, 7) is 1.68. The molecular formula is C25H29N5O. The van der Waals surface area contributed by atoms with Crippen LogP contribution in [0.25, 0.3) is 5.69 Å². The van der Waals surface area contributed by atoms with E-state index in [-0.39, 0.29) is 11.9 Å². The topological polar surface area (TPSA) is 71.8 Å². The van der Waals surface area contributed by atoms with Gasteiger partial charge in [0, 0.05) is 25.0 Å². The van der Waals surface area contributed by atoms with Gasteiger partial charge < -0.3 is 10.6 Å². The predicted octanol–water partition coefficient (Wildman–Crippen LogP) is 3.57. The van der Waals surface area contributed by atoms with Crippen LogP contribution in [0.1, 0.15) is 65.0 Å². The average molecular weight is 416 g/mol. The van der Waals surface area contributed by atoms with E-state index >= 15 is 0 Å². The molecule has 0 radical (unpaired) electrons. The Morgan fingerprint density at radius 1 is 1.16 bits per heavy atom. The predicted molar refractivity (Wildman–Crippen MR) is 120 cm³/mol. The molecule has 6 heteroatoms. The summed E-state index contributed by atoms with van der Waals surface area (Å²) in [4.78, 5) is 17.7. The average Bonchev–Trinajstić information content (AvgIpc) is 3.35. The van der Waals surface area contributed by atoms with Crippen molar-refractivity contribution in [3.05, 3.63) is 76.9 Å². The Morgan fingerprint density at radius 2 is 2.00 bits per heavy atom. The van der Waals surface area contributed by atoms with Crippen LogP contribution in [0.5, 0.6) is 0 Å². The van der Waals surface area contributed by atoms with Crippen LogP contribution in [0.3, 0.4) is 0 Å². The van der Waals surface area contributed by atoms with Crippen molar-refractivity contribution in [2.24, 2.45) is 0 Å². The van der Waals surface area contributed by atoms with Gasteiger partial charge in [-0.2, -0.15) is 5.10 Å². The lowest BCUT2D eigenvalue weighted by Gasteiger charge is -2.24. The SMILES string of the molecule is O=C(NC1CCCCC1)c1cc(Cc2ccc(-n3cccn3)cc2)c2c(n1)CNCC2. The highest BCUT2D eigenvalue weighted by Crippen LogP contribution is 2.23. The van der Waals surface area contributed by atoms with Gasteiger partial charge in [-0.3, -0.25) is 4.79 Å². The normalized spacial score (nSPS) is 16.6. The number of rotatable bonds is 5. The molecule has 1 saturated carbocycles. The monoisotopic (exact) mass is 415 g/mol. The highest BCUT2D eigenvalue weighted by Gasteiger charge is 2.21. The molecule has 0 bridgehead atoms. The molecule has 2 aliphatic rings. The van der Waals surface area contributed by atoms with E-state index in [9.17, 15) is 4.79 Å². The Bertz CT molecular complexity index is 1040. The van der Waals surface area contributed by atoms with E-state index in [1.54, 1.807) is 6.20 Å². The highest BCUT2D eigenvalue weighted by atomic mass is 16.1. The van der Waals surface area contributed by atoms with Crippen LogP contribution < -0.4 is 10.6 Å². The summed E-state index contributed by atoms with van der Waals surface area (Å²) >= 11 is 0. The van der Waals surface area contributed by atoms with Crippen LogP contribution in [0.4, 0.5) is 0 Å². The van der Waals surface area contributed by atoms with Crippen molar-refractivity contribution >= 4 is 5.91 Å². The standard InChI is InChI=1S/C25H29N5O/c31-25(28-20-5-2-1-3-6-20)23-16-19(22-11-13-26-17-24(22)29-23)15-18-7-9-21(10-8-18)30-14-4-12-27-30/h4,7-10,12,14,16,20,26H,1-3,5-6,11,13,15,17H2,(H,28,31). The second-order valence-corrected chi connectivity index (χ2v) is 8.62. The molecule has 5 rings (SSSR count). The molecule has 1 amide bonds. The smallest absolute Gasteiger partial charge is 0.270 e. The molecule has 0 spiro atoms. The molecule has 1 fully saturated rings. The fourth-order valence-corrected chi connectivity index (χ4v) is 4.74. The van der Waals surface area contributed by atoms with Crippen molar-refractivity contribution in [1.29, 1.82) is 0 Å². The summed E-state index contributed by atoms with van der Waals surface area (Å²) < 4.78 is 1.86. The number of hydrogen-bond acceptors (Lipinski definition) is 4. The summed E-state index contributed by atoms with van der Waals surface area (Å²) in [5, 5.41) is 10.9. The van der Waals surface area contributed by atoms with Gasteiger partial charge in [0.05, 0.1) is 11.4 Å². The van der Waals surface area contributed by atoms with E-state index in [4.69, 9.17) is 4.98 Å². The zero-order valence-electron chi connectivity index (χ0n) is 17.8. The molecule has 1 aliphatic carbocycles. The molecule has 3 heterocycles. The van der Waals surface area contributed by atoms with Crippen LogP contribution in [-0.2, 0) is 19.4 Å². The molecule has 0 atom stereocenters. The first-order valence-corrected chi connectivity index (χ1v) is 11.4. The Labute approximate surface area is 183 Å². The number of amides is 1. The fourth-order valence-electron chi connectivity index (χ4n) is 4.74. The third-order valence-electron chi connectivity index (χ3n) is 6.42. The molecule has 1 aliphatic heterocycles. The van der Waals surface area contributed by atoms with Gasteiger partial charge in [0.25, 0.3) is 5.91 Å². The quantitative estimate of drug-likeness (QED) is 0.668. The van der Waals surface area contributed by atoms with Gasteiger partial charge in [-0.25, -0.2) is 9.67 Å². The summed E-state index contributed by atoms with van der Waals surface area (Å²) in [6, 6.07) is 12.7. The molecule has 160 valence electrons. The summed E-state index contributed by atoms with van der Waals surface area (Å²) in [6.07, 6.45) is 11.3. The van der Waals surface area contributed by atoms with Crippen LogP contribution in [0, 0.1) is 0 Å². The number of hydrogen-bond donors (Lipinski definition) is 2. The minimum absolute atomic E-state index is 0.0319. The van der Waals surface area contributed by atoms with E-state index in [1.807, 2.05) is 23.0 Å². The number of nitrogens with one attached hydrogen (secondary N) is 2. The number of fused-ring (bicyclic) bond motifs is 1. The Hall–Kier alpha value is -2.99. The van der Waals surface area contributed by atoms with Crippen molar-refractivity contribution < 1.29 is 4.79 Å². The van der Waals surface area contributed by atoms with Crippen molar-refractivity contribution in [3.63, 3.8) is 0 Å². The lowest BCUT2D eigenvalue weighted by atomic mass is 9.93. The van der Waals surface area contributed by atoms with Crippen LogP contribution in [0.2, 0.25) is 0 Å². The van der Waals surface area contributed by atoms with Gasteiger partial charge in [0.15, 0.2) is 0 Å². The van der Waals surface area contributed by atoms with E-state index < -0.39 is 0 Å². The van der Waals surface area contributed by atoms with Crippen LogP contribution in [-0.4, -0.2) is 33.3 Å². The van der Waals surface area contributed by atoms with E-state index in [0.717, 1.165) is 50.2 Å². The van der Waals surface area contributed by atoms with Crippen LogP contribution in [0.15, 0.2) is 48.8 Å². The number of benzene rings is 1. The third kappa shape index (κ3) is 4.54. The van der Waals surface area contributed by atoms with Gasteiger partial charge in [-0.15, -0.1) is 0 Å². The number of carbonyl (C=O) groups excluding carboxylic acids is 1. The third-order valence-corrected chi connectivity index (χ3v) is 6.42. The van der Waals surface area contributed by atoms with Gasteiger partial charge >= 0.3 is 0 Å². The largest absolute Gasteiger partial charge is 0.348 e. The van der Waals surface area contributed by atoms with Gasteiger partial charge in [0.2, 0.25) is 0 Å². The van der Waals surface area contributed by atoms with Gasteiger partial charge in [0.1, 0.15) is 5.69 Å². The fraction of sp³-hybridized carbons (Fsp3) is 0.400. The molecule has 31 heavy (non-hydrogen) atoms. The lowest BCUT2D eigenvalue weighted by Crippen LogP contribution is -2.37. The maximum absolute atomic E-state index is 13.0. The molecule has 3 aromatic rings. The molecule has 0 unspecified atom stereocenters. The van der Waals surface area contributed by atoms with Crippen molar-refractivity contribution in [2.45, 2.75) is 57.5 Å². The lowest BCUT2D eigenvalue weighted by molar-refractivity contribution is 0.0922. The summed E-state index contributed by atoms with van der Waals surface area (Å²) in [7, 11) is 0. The summed E-state index contributed by atoms with van der Waals surface area (Å²) in [5.74, 6) is -0.0319. The number of pyridine rings is 1. The number of nitrogens with zero attached hydrogens (tertiary/aromatic N) is 3. The van der Waals surface area contributed by atoms with Gasteiger partial charge in [-0.05, 0) is 73.2 Å². The van der Waals surface area contributed by atoms with Crippen molar-refractivity contribution in [1.82, 2.24) is 25.4 Å². The minimum Gasteiger partial charge on any atom is -0.348 e. The zero-order valence-corrected chi connectivity index (χ0v) is 17.8. The second kappa shape index (κ2) is 9.02. The summed E-state index contributed by atoms with van der Waals surface area (Å²) in [5.41, 5.74) is 6.35. The maximum Gasteiger partial charge on any atom is 0.270 e. The van der Waals surface area contributed by atoms with Crippen molar-refractivity contribution in [2.75, 3.05) is 6.54 Å². The first kappa shape index (κ1) is 19.9. The molecular weight excluding hydrogens is 386 g/mol. The maximum atomic E-state index is 13.0. The van der Waals surface area contributed by atoms with E-state index in [1.165, 1.54) is 36.0 Å². The first-order valence-electron chi connectivity index (χ1n) is 11.4. The molecule has 2 N–H and O–H groups in total. The zero-order chi connectivity index (χ0) is 21.0. The molecule has 6 nitrogen and oxygen atoms in total. The Kier molecular flexibility index (Phi) is 5.80. The Balaban J connectivity index is 1.39. The number of carbonyl (C=O) groups is 1. The number of aromatic nitrogens is 3. The van der Waals surface area contributed by atoms with Crippen LogP contribution >= 0.6 is 0 Å². The minimum atomic E-state index is -0.0319. The molecule has 0 saturated heterocycles. The first-order chi connectivity index (χ1) is 15.3. The van der Waals surface area contributed by atoms with Gasteiger partial charge in [-0.1, -0.05) is 31.4 Å². The van der Waals surface area contributed by atoms with Crippen molar-refractivity contribution in [3.8, 4) is 5.69 Å².